The Hall–Kier alpha value is -2.62. The molecule has 0 atom stereocenters. The van der Waals surface area contributed by atoms with E-state index in [2.05, 4.69) is 10.6 Å². The summed E-state index contributed by atoms with van der Waals surface area (Å²) >= 11 is 0. The highest BCUT2D eigenvalue weighted by molar-refractivity contribution is 6.03. The van der Waals surface area contributed by atoms with Gasteiger partial charge in [-0.25, -0.2) is 0 Å². The molecule has 2 amide bonds. The van der Waals surface area contributed by atoms with Crippen molar-refractivity contribution in [3.8, 4) is 0 Å². The lowest BCUT2D eigenvalue weighted by molar-refractivity contribution is -0.126. The molecule has 0 spiro atoms. The lowest BCUT2D eigenvalue weighted by Crippen LogP contribution is -2.27. The monoisotopic (exact) mass is 296 g/mol. The summed E-state index contributed by atoms with van der Waals surface area (Å²) in [6.07, 6.45) is -0.180. The Bertz CT molecular complexity index is 666. The van der Waals surface area contributed by atoms with Crippen LogP contribution in [0, 0.1) is 13.8 Å². The highest BCUT2D eigenvalue weighted by atomic mass is 16.2. The van der Waals surface area contributed by atoms with E-state index in [0.29, 0.717) is 6.54 Å². The lowest BCUT2D eigenvalue weighted by Gasteiger charge is -2.10. The molecule has 0 aliphatic heterocycles. The summed E-state index contributed by atoms with van der Waals surface area (Å²) in [6, 6.07) is 15.3. The molecule has 22 heavy (non-hydrogen) atoms. The Morgan fingerprint density at radius 2 is 1.64 bits per heavy atom. The van der Waals surface area contributed by atoms with Crippen LogP contribution in [0.3, 0.4) is 0 Å². The molecule has 0 saturated carbocycles. The number of anilines is 1. The molecule has 2 aromatic rings. The van der Waals surface area contributed by atoms with Crippen molar-refractivity contribution in [3.63, 3.8) is 0 Å². The zero-order valence-electron chi connectivity index (χ0n) is 12.8. The van der Waals surface area contributed by atoms with Gasteiger partial charge in [0.05, 0.1) is 0 Å². The number of carbonyl (C=O) groups is 2. The second-order valence-electron chi connectivity index (χ2n) is 5.23. The van der Waals surface area contributed by atoms with Gasteiger partial charge in [0.1, 0.15) is 6.42 Å². The molecule has 4 nitrogen and oxygen atoms in total. The van der Waals surface area contributed by atoms with Crippen LogP contribution in [0.2, 0.25) is 0 Å². The Labute approximate surface area is 130 Å². The number of hydrogen-bond donors (Lipinski definition) is 2. The van der Waals surface area contributed by atoms with E-state index in [4.69, 9.17) is 0 Å². The van der Waals surface area contributed by atoms with Gasteiger partial charge >= 0.3 is 0 Å². The number of rotatable bonds is 5. The number of aryl methyl sites for hydroxylation is 1. The van der Waals surface area contributed by atoms with E-state index >= 15 is 0 Å². The molecule has 0 aliphatic carbocycles. The van der Waals surface area contributed by atoms with Crippen LogP contribution >= 0.6 is 0 Å². The van der Waals surface area contributed by atoms with E-state index in [1.54, 1.807) is 0 Å². The summed E-state index contributed by atoms with van der Waals surface area (Å²) in [7, 11) is 0. The molecule has 0 unspecified atom stereocenters. The van der Waals surface area contributed by atoms with Crippen LogP contribution in [-0.2, 0) is 16.1 Å². The molecule has 4 heteroatoms. The summed E-state index contributed by atoms with van der Waals surface area (Å²) < 4.78 is 0. The first kappa shape index (κ1) is 15.8. The fourth-order valence-corrected chi connectivity index (χ4v) is 2.09. The molecule has 0 bridgehead atoms. The fraction of sp³-hybridized carbons (Fsp3) is 0.222. The maximum Gasteiger partial charge on any atom is 0.233 e. The van der Waals surface area contributed by atoms with Crippen molar-refractivity contribution in [2.24, 2.45) is 0 Å². The highest BCUT2D eigenvalue weighted by Gasteiger charge is 2.11. The van der Waals surface area contributed by atoms with Crippen LogP contribution in [-0.4, -0.2) is 11.8 Å². The van der Waals surface area contributed by atoms with Gasteiger partial charge in [0.15, 0.2) is 0 Å². The van der Waals surface area contributed by atoms with E-state index in [1.165, 1.54) is 0 Å². The molecule has 0 aromatic heterocycles. The molecular formula is C18H20N2O2. The molecule has 2 rings (SSSR count). The lowest BCUT2D eigenvalue weighted by atomic mass is 10.1. The van der Waals surface area contributed by atoms with Crippen LogP contribution < -0.4 is 10.6 Å². The molecule has 0 fully saturated rings. The van der Waals surface area contributed by atoms with Crippen molar-refractivity contribution in [1.82, 2.24) is 5.32 Å². The Balaban J connectivity index is 1.84. The molecule has 0 saturated heterocycles. The minimum absolute atomic E-state index is 0.180. The summed E-state index contributed by atoms with van der Waals surface area (Å²) in [5.74, 6) is -0.592. The van der Waals surface area contributed by atoms with Crippen molar-refractivity contribution in [2.45, 2.75) is 26.8 Å². The smallest absolute Gasteiger partial charge is 0.233 e. The van der Waals surface area contributed by atoms with Crippen LogP contribution in [0.1, 0.15) is 23.1 Å². The Morgan fingerprint density at radius 3 is 2.36 bits per heavy atom. The van der Waals surface area contributed by atoms with Gasteiger partial charge in [0, 0.05) is 12.2 Å². The molecule has 2 N–H and O–H groups in total. The number of benzene rings is 2. The predicted molar refractivity (Wildman–Crippen MR) is 87.5 cm³/mol. The highest BCUT2D eigenvalue weighted by Crippen LogP contribution is 2.17. The largest absolute Gasteiger partial charge is 0.352 e. The maximum atomic E-state index is 11.9. The van der Waals surface area contributed by atoms with Gasteiger partial charge < -0.3 is 10.6 Å². The van der Waals surface area contributed by atoms with E-state index in [-0.39, 0.29) is 18.2 Å². The zero-order valence-corrected chi connectivity index (χ0v) is 12.8. The minimum atomic E-state index is -0.306. The van der Waals surface area contributed by atoms with Gasteiger partial charge in [-0.15, -0.1) is 0 Å². The third kappa shape index (κ3) is 4.45. The van der Waals surface area contributed by atoms with Gasteiger partial charge in [-0.3, -0.25) is 9.59 Å². The minimum Gasteiger partial charge on any atom is -0.352 e. The quantitative estimate of drug-likeness (QED) is 0.833. The van der Waals surface area contributed by atoms with Crippen LogP contribution in [0.5, 0.6) is 0 Å². The van der Waals surface area contributed by atoms with Crippen LogP contribution in [0.4, 0.5) is 5.69 Å². The topological polar surface area (TPSA) is 58.2 Å². The van der Waals surface area contributed by atoms with E-state index in [0.717, 1.165) is 22.4 Å². The van der Waals surface area contributed by atoms with Gasteiger partial charge in [0.25, 0.3) is 0 Å². The first-order chi connectivity index (χ1) is 10.6. The molecule has 0 heterocycles. The van der Waals surface area contributed by atoms with E-state index < -0.39 is 0 Å². The molecule has 0 radical (unpaired) electrons. The number of amides is 2. The molecule has 0 aliphatic rings. The maximum absolute atomic E-state index is 11.9. The SMILES string of the molecule is Cc1cccc(NC(=O)CC(=O)NCc2ccccc2)c1C. The summed E-state index contributed by atoms with van der Waals surface area (Å²) in [5, 5.41) is 5.52. The third-order valence-corrected chi connectivity index (χ3v) is 3.53. The normalized spacial score (nSPS) is 10.1. The molecule has 114 valence electrons. The fourth-order valence-electron chi connectivity index (χ4n) is 2.09. The first-order valence-corrected chi connectivity index (χ1v) is 7.23. The van der Waals surface area contributed by atoms with E-state index in [1.807, 2.05) is 62.4 Å². The average molecular weight is 296 g/mol. The first-order valence-electron chi connectivity index (χ1n) is 7.23. The summed E-state index contributed by atoms with van der Waals surface area (Å²) in [5.41, 5.74) is 3.87. The van der Waals surface area contributed by atoms with Crippen LogP contribution in [0.25, 0.3) is 0 Å². The summed E-state index contributed by atoms with van der Waals surface area (Å²) in [6.45, 7) is 4.36. The van der Waals surface area contributed by atoms with Gasteiger partial charge in [-0.05, 0) is 36.6 Å². The second-order valence-corrected chi connectivity index (χ2v) is 5.23. The van der Waals surface area contributed by atoms with Crippen molar-refractivity contribution >= 4 is 17.5 Å². The molecular weight excluding hydrogens is 276 g/mol. The number of carbonyl (C=O) groups excluding carboxylic acids is 2. The van der Waals surface area contributed by atoms with Gasteiger partial charge in [-0.1, -0.05) is 42.5 Å². The van der Waals surface area contributed by atoms with Gasteiger partial charge in [-0.2, -0.15) is 0 Å². The van der Waals surface area contributed by atoms with Crippen molar-refractivity contribution < 1.29 is 9.59 Å². The van der Waals surface area contributed by atoms with Crippen molar-refractivity contribution in [1.29, 1.82) is 0 Å². The number of nitrogens with one attached hydrogen (secondary N) is 2. The Kier molecular flexibility index (Phi) is 5.31. The number of hydrogen-bond acceptors (Lipinski definition) is 2. The Morgan fingerprint density at radius 1 is 0.909 bits per heavy atom. The third-order valence-electron chi connectivity index (χ3n) is 3.53. The zero-order chi connectivity index (χ0) is 15.9. The molecule has 2 aromatic carbocycles. The van der Waals surface area contributed by atoms with Crippen LogP contribution in [0.15, 0.2) is 48.5 Å². The van der Waals surface area contributed by atoms with Crippen molar-refractivity contribution in [2.75, 3.05) is 5.32 Å². The standard InChI is InChI=1S/C18H20N2O2/c1-13-7-6-10-16(14(13)2)20-18(22)11-17(21)19-12-15-8-4-3-5-9-15/h3-10H,11-12H2,1-2H3,(H,19,21)(H,20,22). The van der Waals surface area contributed by atoms with E-state index in [9.17, 15) is 9.59 Å². The second kappa shape index (κ2) is 7.41. The van der Waals surface area contributed by atoms with Crippen molar-refractivity contribution in [3.05, 3.63) is 65.2 Å². The summed E-state index contributed by atoms with van der Waals surface area (Å²) in [4.78, 5) is 23.7. The predicted octanol–water partition coefficient (Wildman–Crippen LogP) is 2.95. The van der Waals surface area contributed by atoms with Gasteiger partial charge in [0.2, 0.25) is 11.8 Å². The average Bonchev–Trinajstić information content (AvgIpc) is 2.51.